The maximum Gasteiger partial charge on any atom is 0.123 e. The second-order valence-electron chi connectivity index (χ2n) is 4.00. The van der Waals surface area contributed by atoms with Gasteiger partial charge in [0.25, 0.3) is 0 Å². The summed E-state index contributed by atoms with van der Waals surface area (Å²) < 4.78 is 7.21. The molecule has 1 heterocycles. The van der Waals surface area contributed by atoms with Gasteiger partial charge in [0.1, 0.15) is 5.75 Å². The topological polar surface area (TPSA) is 27.1 Å². The van der Waals surface area contributed by atoms with Gasteiger partial charge in [-0.1, -0.05) is 17.7 Å². The summed E-state index contributed by atoms with van der Waals surface area (Å²) >= 11 is 5.75. The van der Waals surface area contributed by atoms with Crippen molar-refractivity contribution in [3.05, 3.63) is 47.3 Å². The Morgan fingerprint density at radius 2 is 2.24 bits per heavy atom. The number of methoxy groups -OCH3 is 1. The van der Waals surface area contributed by atoms with Crippen molar-refractivity contribution >= 4 is 11.6 Å². The van der Waals surface area contributed by atoms with E-state index in [-0.39, 0.29) is 0 Å². The number of alkyl halides is 1. The van der Waals surface area contributed by atoms with Gasteiger partial charge in [-0.2, -0.15) is 5.10 Å². The predicted molar refractivity (Wildman–Crippen MR) is 68.6 cm³/mol. The molecule has 90 valence electrons. The second kappa shape index (κ2) is 5.23. The van der Waals surface area contributed by atoms with Crippen molar-refractivity contribution in [2.45, 2.75) is 19.3 Å². The molecule has 0 amide bonds. The van der Waals surface area contributed by atoms with E-state index in [1.54, 1.807) is 13.3 Å². The summed E-state index contributed by atoms with van der Waals surface area (Å²) in [5.74, 6) is 1.38. The molecule has 0 radical (unpaired) electrons. The van der Waals surface area contributed by atoms with E-state index in [1.165, 1.54) is 5.56 Å². The van der Waals surface area contributed by atoms with Crippen LogP contribution < -0.4 is 4.74 Å². The van der Waals surface area contributed by atoms with Crippen LogP contribution in [0.5, 0.6) is 5.75 Å². The molecule has 0 aliphatic heterocycles. The van der Waals surface area contributed by atoms with E-state index >= 15 is 0 Å². The van der Waals surface area contributed by atoms with E-state index in [0.29, 0.717) is 12.4 Å². The normalized spacial score (nSPS) is 10.5. The molecule has 0 atom stereocenters. The largest absolute Gasteiger partial charge is 0.496 e. The lowest BCUT2D eigenvalue weighted by Gasteiger charge is -2.09. The van der Waals surface area contributed by atoms with Gasteiger partial charge in [0, 0.05) is 17.3 Å². The number of halogens is 1. The van der Waals surface area contributed by atoms with Crippen molar-refractivity contribution in [2.24, 2.45) is 0 Å². The van der Waals surface area contributed by atoms with Crippen LogP contribution >= 0.6 is 11.6 Å². The summed E-state index contributed by atoms with van der Waals surface area (Å²) in [4.78, 5) is 0. The third kappa shape index (κ3) is 2.80. The van der Waals surface area contributed by atoms with Crippen LogP contribution in [0, 0.1) is 6.92 Å². The van der Waals surface area contributed by atoms with E-state index in [0.717, 1.165) is 16.9 Å². The molecule has 4 heteroatoms. The summed E-state index contributed by atoms with van der Waals surface area (Å²) in [6.45, 7) is 2.76. The Labute approximate surface area is 106 Å². The van der Waals surface area contributed by atoms with Gasteiger partial charge in [-0.15, -0.1) is 11.6 Å². The van der Waals surface area contributed by atoms with Crippen molar-refractivity contribution in [3.63, 3.8) is 0 Å². The Morgan fingerprint density at radius 1 is 1.41 bits per heavy atom. The Morgan fingerprint density at radius 3 is 2.88 bits per heavy atom. The summed E-state index contributed by atoms with van der Waals surface area (Å²) in [7, 11) is 1.68. The third-order valence-electron chi connectivity index (χ3n) is 2.61. The van der Waals surface area contributed by atoms with Crippen LogP contribution in [-0.4, -0.2) is 16.9 Å². The first-order chi connectivity index (χ1) is 8.22. The highest BCUT2D eigenvalue weighted by molar-refractivity contribution is 6.17. The Hall–Kier alpha value is -1.48. The van der Waals surface area contributed by atoms with Crippen molar-refractivity contribution < 1.29 is 4.74 Å². The van der Waals surface area contributed by atoms with Gasteiger partial charge in [0.05, 0.1) is 25.7 Å². The Balaban J connectivity index is 2.25. The molecular formula is C13H15ClN2O. The number of nitrogens with zero attached hydrogens (tertiary/aromatic N) is 2. The Kier molecular flexibility index (Phi) is 3.69. The maximum atomic E-state index is 5.75. The summed E-state index contributed by atoms with van der Waals surface area (Å²) in [5.41, 5.74) is 3.36. The summed E-state index contributed by atoms with van der Waals surface area (Å²) in [6, 6.07) is 6.13. The fourth-order valence-corrected chi connectivity index (χ4v) is 1.91. The predicted octanol–water partition coefficient (Wildman–Crippen LogP) is 2.99. The number of hydrogen-bond donors (Lipinski definition) is 0. The first kappa shape index (κ1) is 12.0. The average molecular weight is 251 g/mol. The van der Waals surface area contributed by atoms with Gasteiger partial charge in [0.15, 0.2) is 0 Å². The third-order valence-corrected chi connectivity index (χ3v) is 2.92. The first-order valence-corrected chi connectivity index (χ1v) is 5.97. The van der Waals surface area contributed by atoms with E-state index in [1.807, 2.05) is 23.0 Å². The van der Waals surface area contributed by atoms with E-state index in [2.05, 4.69) is 18.1 Å². The van der Waals surface area contributed by atoms with Crippen molar-refractivity contribution in [2.75, 3.05) is 7.11 Å². The lowest BCUT2D eigenvalue weighted by Crippen LogP contribution is -2.02. The lowest BCUT2D eigenvalue weighted by atomic mass is 10.1. The lowest BCUT2D eigenvalue weighted by molar-refractivity contribution is 0.407. The average Bonchev–Trinajstić information content (AvgIpc) is 2.77. The standard InChI is InChI=1S/C13H15ClN2O/c1-10-3-4-13(17-2)12(5-10)9-16-8-11(6-14)7-15-16/h3-5,7-8H,6,9H2,1-2H3. The smallest absolute Gasteiger partial charge is 0.123 e. The van der Waals surface area contributed by atoms with Crippen LogP contribution in [0.4, 0.5) is 0 Å². The van der Waals surface area contributed by atoms with Crippen LogP contribution in [0.25, 0.3) is 0 Å². The molecule has 3 nitrogen and oxygen atoms in total. The second-order valence-corrected chi connectivity index (χ2v) is 4.26. The number of aromatic nitrogens is 2. The van der Waals surface area contributed by atoms with Crippen LogP contribution in [0.3, 0.4) is 0 Å². The molecule has 1 aromatic carbocycles. The number of aryl methyl sites for hydroxylation is 1. The van der Waals surface area contributed by atoms with Crippen LogP contribution in [0.15, 0.2) is 30.6 Å². The number of rotatable bonds is 4. The summed E-state index contributed by atoms with van der Waals surface area (Å²) in [5, 5.41) is 4.26. The maximum absolute atomic E-state index is 5.75. The molecule has 17 heavy (non-hydrogen) atoms. The fourth-order valence-electron chi connectivity index (χ4n) is 1.77. The molecule has 0 unspecified atom stereocenters. The zero-order chi connectivity index (χ0) is 12.3. The Bertz CT molecular complexity index is 508. The molecule has 0 aliphatic rings. The van der Waals surface area contributed by atoms with Crippen molar-refractivity contribution in [1.29, 1.82) is 0 Å². The van der Waals surface area contributed by atoms with Gasteiger partial charge in [-0.05, 0) is 13.0 Å². The molecular weight excluding hydrogens is 236 g/mol. The van der Waals surface area contributed by atoms with Gasteiger partial charge < -0.3 is 4.74 Å². The fraction of sp³-hybridized carbons (Fsp3) is 0.308. The molecule has 1 aromatic heterocycles. The highest BCUT2D eigenvalue weighted by Gasteiger charge is 2.05. The molecule has 0 bridgehead atoms. The molecule has 0 spiro atoms. The van der Waals surface area contributed by atoms with Gasteiger partial charge >= 0.3 is 0 Å². The van der Waals surface area contributed by atoms with Crippen LogP contribution in [0.2, 0.25) is 0 Å². The van der Waals surface area contributed by atoms with Crippen molar-refractivity contribution in [3.8, 4) is 5.75 Å². The summed E-state index contributed by atoms with van der Waals surface area (Å²) in [6.07, 6.45) is 3.74. The van der Waals surface area contributed by atoms with Gasteiger partial charge in [-0.25, -0.2) is 0 Å². The molecule has 2 rings (SSSR count). The minimum Gasteiger partial charge on any atom is -0.496 e. The minimum atomic E-state index is 0.491. The highest BCUT2D eigenvalue weighted by Crippen LogP contribution is 2.20. The van der Waals surface area contributed by atoms with E-state index in [4.69, 9.17) is 16.3 Å². The molecule has 0 fully saturated rings. The monoisotopic (exact) mass is 250 g/mol. The molecule has 0 N–H and O–H groups in total. The van der Waals surface area contributed by atoms with Crippen LogP contribution in [0.1, 0.15) is 16.7 Å². The molecule has 0 saturated heterocycles. The number of hydrogen-bond acceptors (Lipinski definition) is 2. The molecule has 0 saturated carbocycles. The SMILES string of the molecule is COc1ccc(C)cc1Cn1cc(CCl)cn1. The van der Waals surface area contributed by atoms with Gasteiger partial charge in [-0.3, -0.25) is 4.68 Å². The van der Waals surface area contributed by atoms with Crippen molar-refractivity contribution in [1.82, 2.24) is 9.78 Å². The zero-order valence-electron chi connectivity index (χ0n) is 9.98. The first-order valence-electron chi connectivity index (χ1n) is 5.43. The number of ether oxygens (including phenoxy) is 1. The molecule has 2 aromatic rings. The minimum absolute atomic E-state index is 0.491. The van der Waals surface area contributed by atoms with Crippen LogP contribution in [-0.2, 0) is 12.4 Å². The van der Waals surface area contributed by atoms with E-state index < -0.39 is 0 Å². The molecule has 0 aliphatic carbocycles. The quantitative estimate of drug-likeness (QED) is 0.780. The van der Waals surface area contributed by atoms with Gasteiger partial charge in [0.2, 0.25) is 0 Å². The zero-order valence-corrected chi connectivity index (χ0v) is 10.7. The van der Waals surface area contributed by atoms with E-state index in [9.17, 15) is 0 Å². The highest BCUT2D eigenvalue weighted by atomic mass is 35.5. The number of benzene rings is 1.